The highest BCUT2D eigenvalue weighted by atomic mass is 28.3. The van der Waals surface area contributed by atoms with Gasteiger partial charge in [-0.2, -0.15) is 0 Å². The summed E-state index contributed by atoms with van der Waals surface area (Å²) in [6.07, 6.45) is 0. The standard InChI is InChI=1S/C11H24OSi/c1-7-13(8-2,9-3)10(4)11(5,6)12/h12H,4,7-9H2,1-3,5-6H3. The van der Waals surface area contributed by atoms with Crippen LogP contribution in [-0.2, 0) is 0 Å². The van der Waals surface area contributed by atoms with Gasteiger partial charge in [0.1, 0.15) is 0 Å². The van der Waals surface area contributed by atoms with Gasteiger partial charge in [0.25, 0.3) is 0 Å². The van der Waals surface area contributed by atoms with Gasteiger partial charge in [0, 0.05) is 0 Å². The second-order valence-electron chi connectivity index (χ2n) is 4.38. The summed E-state index contributed by atoms with van der Waals surface area (Å²) in [7, 11) is -1.40. The molecule has 0 aliphatic heterocycles. The Kier molecular flexibility index (Phi) is 4.40. The van der Waals surface area contributed by atoms with Crippen LogP contribution in [0.5, 0.6) is 0 Å². The van der Waals surface area contributed by atoms with E-state index in [1.807, 2.05) is 13.8 Å². The molecule has 0 atom stereocenters. The molecular formula is C11H24OSi. The number of hydrogen-bond acceptors (Lipinski definition) is 1. The van der Waals surface area contributed by atoms with Gasteiger partial charge in [-0.25, -0.2) is 0 Å². The van der Waals surface area contributed by atoms with E-state index in [-0.39, 0.29) is 0 Å². The SMILES string of the molecule is C=C(C(C)(C)O)[Si](CC)(CC)CC. The molecule has 0 aliphatic rings. The van der Waals surface area contributed by atoms with Crippen molar-refractivity contribution in [1.82, 2.24) is 0 Å². The maximum atomic E-state index is 9.95. The molecule has 0 spiro atoms. The minimum atomic E-state index is -1.40. The van der Waals surface area contributed by atoms with Crippen LogP contribution in [0, 0.1) is 0 Å². The van der Waals surface area contributed by atoms with E-state index in [4.69, 9.17) is 0 Å². The Morgan fingerprint density at radius 3 is 1.54 bits per heavy atom. The smallest absolute Gasteiger partial charge is 0.0836 e. The maximum Gasteiger partial charge on any atom is 0.0836 e. The minimum absolute atomic E-state index is 0.686. The van der Waals surface area contributed by atoms with Crippen molar-refractivity contribution in [3.63, 3.8) is 0 Å². The van der Waals surface area contributed by atoms with E-state index in [2.05, 4.69) is 27.4 Å². The van der Waals surface area contributed by atoms with Crippen LogP contribution in [0.4, 0.5) is 0 Å². The zero-order valence-electron chi connectivity index (χ0n) is 9.78. The second kappa shape index (κ2) is 4.42. The Labute approximate surface area is 83.9 Å². The van der Waals surface area contributed by atoms with Gasteiger partial charge >= 0.3 is 0 Å². The molecule has 1 N–H and O–H groups in total. The number of hydrogen-bond donors (Lipinski definition) is 1. The lowest BCUT2D eigenvalue weighted by Gasteiger charge is -2.37. The highest BCUT2D eigenvalue weighted by molar-refractivity contribution is 6.86. The zero-order valence-corrected chi connectivity index (χ0v) is 10.8. The fourth-order valence-corrected chi connectivity index (χ4v) is 6.12. The molecule has 0 aromatic rings. The largest absolute Gasteiger partial charge is 0.387 e. The van der Waals surface area contributed by atoms with Crippen molar-refractivity contribution in [1.29, 1.82) is 0 Å². The minimum Gasteiger partial charge on any atom is -0.387 e. The van der Waals surface area contributed by atoms with Gasteiger partial charge < -0.3 is 5.11 Å². The molecule has 0 amide bonds. The molecule has 0 saturated carbocycles. The quantitative estimate of drug-likeness (QED) is 0.675. The van der Waals surface area contributed by atoms with Gasteiger partial charge in [0.15, 0.2) is 0 Å². The number of rotatable bonds is 5. The average molecular weight is 200 g/mol. The van der Waals surface area contributed by atoms with Gasteiger partial charge in [-0.1, -0.05) is 44.1 Å². The van der Waals surface area contributed by atoms with Crippen LogP contribution < -0.4 is 0 Å². The molecule has 0 saturated heterocycles. The topological polar surface area (TPSA) is 20.2 Å². The lowest BCUT2D eigenvalue weighted by molar-refractivity contribution is 0.126. The molecule has 78 valence electrons. The lowest BCUT2D eigenvalue weighted by Crippen LogP contribution is -2.43. The van der Waals surface area contributed by atoms with E-state index in [1.54, 1.807) is 0 Å². The van der Waals surface area contributed by atoms with Gasteiger partial charge in [-0.3, -0.25) is 0 Å². The molecule has 0 aromatic heterocycles. The molecular weight excluding hydrogens is 176 g/mol. The van der Waals surface area contributed by atoms with Crippen LogP contribution in [0.3, 0.4) is 0 Å². The number of aliphatic hydroxyl groups is 1. The zero-order chi connectivity index (χ0) is 10.7. The maximum absolute atomic E-state index is 9.95. The molecule has 0 radical (unpaired) electrons. The highest BCUT2D eigenvalue weighted by Crippen LogP contribution is 2.33. The Morgan fingerprint density at radius 1 is 1.15 bits per heavy atom. The molecule has 13 heavy (non-hydrogen) atoms. The second-order valence-corrected chi connectivity index (χ2v) is 9.66. The predicted molar refractivity (Wildman–Crippen MR) is 62.6 cm³/mol. The van der Waals surface area contributed by atoms with Crippen molar-refractivity contribution in [2.45, 2.75) is 58.4 Å². The monoisotopic (exact) mass is 200 g/mol. The fraction of sp³-hybridized carbons (Fsp3) is 0.818. The summed E-state index contributed by atoms with van der Waals surface area (Å²) in [6, 6.07) is 3.59. The fourth-order valence-electron chi connectivity index (χ4n) is 2.04. The molecule has 0 heterocycles. The molecule has 0 aliphatic carbocycles. The van der Waals surface area contributed by atoms with Gasteiger partial charge in [-0.15, -0.1) is 6.58 Å². The van der Waals surface area contributed by atoms with Crippen LogP contribution in [0.25, 0.3) is 0 Å². The summed E-state index contributed by atoms with van der Waals surface area (Å²) in [5.41, 5.74) is -0.686. The molecule has 1 nitrogen and oxygen atoms in total. The normalized spacial score (nSPS) is 13.1. The summed E-state index contributed by atoms with van der Waals surface area (Å²) < 4.78 is 0. The highest BCUT2D eigenvalue weighted by Gasteiger charge is 2.36. The van der Waals surface area contributed by atoms with E-state index >= 15 is 0 Å². The van der Waals surface area contributed by atoms with Crippen molar-refractivity contribution in [2.24, 2.45) is 0 Å². The Morgan fingerprint density at radius 2 is 1.46 bits per heavy atom. The summed E-state index contributed by atoms with van der Waals surface area (Å²) in [6.45, 7) is 14.5. The van der Waals surface area contributed by atoms with Crippen LogP contribution >= 0.6 is 0 Å². The first-order valence-corrected chi connectivity index (χ1v) is 7.88. The van der Waals surface area contributed by atoms with E-state index in [0.717, 1.165) is 5.20 Å². The summed E-state index contributed by atoms with van der Waals surface area (Å²) in [5.74, 6) is 0. The van der Waals surface area contributed by atoms with Crippen LogP contribution in [0.1, 0.15) is 34.6 Å². The van der Waals surface area contributed by atoms with Crippen LogP contribution in [0.15, 0.2) is 11.8 Å². The summed E-state index contributed by atoms with van der Waals surface area (Å²) >= 11 is 0. The van der Waals surface area contributed by atoms with Crippen molar-refractivity contribution >= 4 is 8.07 Å². The van der Waals surface area contributed by atoms with E-state index in [0.29, 0.717) is 0 Å². The van der Waals surface area contributed by atoms with Gasteiger partial charge in [0.2, 0.25) is 0 Å². The molecule has 0 rings (SSSR count). The van der Waals surface area contributed by atoms with Crippen LogP contribution in [-0.4, -0.2) is 18.8 Å². The molecule has 0 fully saturated rings. The third-order valence-electron chi connectivity index (χ3n) is 3.41. The Balaban J connectivity index is 4.85. The Hall–Kier alpha value is -0.0831. The first-order chi connectivity index (χ1) is 5.84. The molecule has 2 heteroatoms. The first-order valence-electron chi connectivity index (χ1n) is 5.26. The van der Waals surface area contributed by atoms with E-state index in [1.165, 1.54) is 18.1 Å². The van der Waals surface area contributed by atoms with Crippen molar-refractivity contribution < 1.29 is 5.11 Å². The molecule has 0 bridgehead atoms. The van der Waals surface area contributed by atoms with Crippen LogP contribution in [0.2, 0.25) is 18.1 Å². The van der Waals surface area contributed by atoms with Gasteiger partial charge in [0.05, 0.1) is 13.7 Å². The van der Waals surface area contributed by atoms with Crippen molar-refractivity contribution in [2.75, 3.05) is 0 Å². The van der Waals surface area contributed by atoms with E-state index in [9.17, 15) is 5.11 Å². The predicted octanol–water partition coefficient (Wildman–Crippen LogP) is 3.36. The van der Waals surface area contributed by atoms with E-state index < -0.39 is 13.7 Å². The van der Waals surface area contributed by atoms with Gasteiger partial charge in [-0.05, 0) is 13.8 Å². The summed E-state index contributed by atoms with van der Waals surface area (Å²) in [5, 5.41) is 11.1. The molecule has 0 aromatic carbocycles. The molecule has 0 unspecified atom stereocenters. The first kappa shape index (κ1) is 12.9. The average Bonchev–Trinajstić information content (AvgIpc) is 2.07. The third-order valence-corrected chi connectivity index (χ3v) is 9.36. The lowest BCUT2D eigenvalue weighted by atomic mass is 10.1. The van der Waals surface area contributed by atoms with Crippen molar-refractivity contribution in [3.05, 3.63) is 11.8 Å². The van der Waals surface area contributed by atoms with Crippen molar-refractivity contribution in [3.8, 4) is 0 Å². The Bertz CT molecular complexity index is 167. The summed E-state index contributed by atoms with van der Waals surface area (Å²) in [4.78, 5) is 0. The third kappa shape index (κ3) is 2.68.